The second-order valence-corrected chi connectivity index (χ2v) is 7.94. The maximum atomic E-state index is 14.5. The number of aryl methyl sites for hydroxylation is 1. The van der Waals surface area contributed by atoms with E-state index in [0.29, 0.717) is 17.0 Å². The van der Waals surface area contributed by atoms with Crippen LogP contribution in [-0.4, -0.2) is 21.5 Å². The van der Waals surface area contributed by atoms with E-state index in [1.807, 2.05) is 0 Å². The molecular formula is C23H16ClF2N3O2S. The van der Waals surface area contributed by atoms with Crippen LogP contribution in [0.4, 0.5) is 14.5 Å². The van der Waals surface area contributed by atoms with Gasteiger partial charge in [0.15, 0.2) is 5.11 Å². The van der Waals surface area contributed by atoms with Gasteiger partial charge in [-0.25, -0.2) is 13.7 Å². The topological polar surface area (TPSA) is 54.3 Å². The maximum absolute atomic E-state index is 14.5. The van der Waals surface area contributed by atoms with Crippen LogP contribution in [0.3, 0.4) is 0 Å². The molecule has 3 aromatic rings. The number of thiocarbonyl (C=S) groups is 1. The Hall–Kier alpha value is -3.36. The monoisotopic (exact) mass is 471 g/mol. The Kier molecular flexibility index (Phi) is 5.66. The number of hydrogen-bond donors (Lipinski definition) is 1. The van der Waals surface area contributed by atoms with Crippen LogP contribution in [0.15, 0.2) is 54.1 Å². The van der Waals surface area contributed by atoms with Crippen LogP contribution in [0.2, 0.25) is 5.02 Å². The molecule has 1 N–H and O–H groups in total. The standard InChI is InChI=1S/C23H16ClF2N3O2S/c1-12-10-14(13(2)28(12)20-16(24)6-5-8-18(20)26)11-15-21(30)27-23(32)29(22(15)31)19-9-4-3-7-17(19)25/h3-11H,1-2H3,(H,27,30,32). The number of anilines is 1. The van der Waals surface area contributed by atoms with Gasteiger partial charge in [-0.2, -0.15) is 0 Å². The van der Waals surface area contributed by atoms with Gasteiger partial charge in [-0.3, -0.25) is 14.9 Å². The van der Waals surface area contributed by atoms with Gasteiger partial charge in [-0.15, -0.1) is 0 Å². The number of nitrogens with one attached hydrogen (secondary N) is 1. The summed E-state index contributed by atoms with van der Waals surface area (Å²) in [5.41, 5.74) is 1.57. The Morgan fingerprint density at radius 2 is 1.72 bits per heavy atom. The van der Waals surface area contributed by atoms with Crippen molar-refractivity contribution in [3.63, 3.8) is 0 Å². The Bertz CT molecular complexity index is 1310. The third-order valence-corrected chi connectivity index (χ3v) is 5.72. The van der Waals surface area contributed by atoms with E-state index < -0.39 is 23.4 Å². The highest BCUT2D eigenvalue weighted by atomic mass is 35.5. The van der Waals surface area contributed by atoms with E-state index in [1.165, 1.54) is 36.4 Å². The summed E-state index contributed by atoms with van der Waals surface area (Å²) in [5.74, 6) is -2.65. The lowest BCUT2D eigenvalue weighted by molar-refractivity contribution is -0.122. The molecule has 0 unspecified atom stereocenters. The van der Waals surface area contributed by atoms with Gasteiger partial charge in [0.1, 0.15) is 22.9 Å². The molecule has 0 aliphatic carbocycles. The van der Waals surface area contributed by atoms with Crippen molar-refractivity contribution < 1.29 is 18.4 Å². The van der Waals surface area contributed by atoms with Crippen LogP contribution >= 0.6 is 23.8 Å². The minimum atomic E-state index is -0.766. The molecule has 1 saturated heterocycles. The molecule has 1 aliphatic heterocycles. The first kappa shape index (κ1) is 21.9. The number of benzene rings is 2. The van der Waals surface area contributed by atoms with Gasteiger partial charge in [0, 0.05) is 11.4 Å². The van der Waals surface area contributed by atoms with E-state index in [0.717, 1.165) is 4.90 Å². The average molecular weight is 472 g/mol. The molecule has 32 heavy (non-hydrogen) atoms. The van der Waals surface area contributed by atoms with Crippen molar-refractivity contribution in [2.75, 3.05) is 4.90 Å². The second kappa shape index (κ2) is 8.29. The predicted octanol–water partition coefficient (Wildman–Crippen LogP) is 4.86. The highest BCUT2D eigenvalue weighted by Gasteiger charge is 2.36. The number of rotatable bonds is 3. The first-order valence-corrected chi connectivity index (χ1v) is 10.3. The molecule has 0 saturated carbocycles. The van der Waals surface area contributed by atoms with E-state index in [-0.39, 0.29) is 27.1 Å². The molecule has 2 heterocycles. The summed E-state index contributed by atoms with van der Waals surface area (Å²) < 4.78 is 30.4. The summed E-state index contributed by atoms with van der Waals surface area (Å²) in [7, 11) is 0. The normalized spacial score (nSPS) is 15.5. The lowest BCUT2D eigenvalue weighted by atomic mass is 10.1. The number of para-hydroxylation sites is 2. The third kappa shape index (κ3) is 3.61. The zero-order valence-electron chi connectivity index (χ0n) is 16.9. The Morgan fingerprint density at radius 1 is 1.03 bits per heavy atom. The molecule has 2 aromatic carbocycles. The van der Waals surface area contributed by atoms with Crippen LogP contribution in [0.1, 0.15) is 17.0 Å². The molecule has 1 aromatic heterocycles. The number of nitrogens with zero attached hydrogens (tertiary/aromatic N) is 2. The summed E-state index contributed by atoms with van der Waals surface area (Å²) in [6, 6.07) is 11.7. The predicted molar refractivity (Wildman–Crippen MR) is 123 cm³/mol. The first-order valence-electron chi connectivity index (χ1n) is 9.50. The largest absolute Gasteiger partial charge is 0.314 e. The van der Waals surface area contributed by atoms with E-state index in [2.05, 4.69) is 5.32 Å². The molecule has 0 spiro atoms. The summed E-state index contributed by atoms with van der Waals surface area (Å²) >= 11 is 11.3. The van der Waals surface area contributed by atoms with Crippen LogP contribution in [0.25, 0.3) is 11.8 Å². The average Bonchev–Trinajstić information content (AvgIpc) is 3.00. The Balaban J connectivity index is 1.82. The molecule has 4 rings (SSSR count). The zero-order chi connectivity index (χ0) is 23.2. The Morgan fingerprint density at radius 3 is 2.41 bits per heavy atom. The third-order valence-electron chi connectivity index (χ3n) is 5.13. The van der Waals surface area contributed by atoms with Gasteiger partial charge < -0.3 is 4.57 Å². The fourth-order valence-corrected chi connectivity index (χ4v) is 4.17. The molecule has 0 atom stereocenters. The van der Waals surface area contributed by atoms with Gasteiger partial charge in [0.05, 0.1) is 10.7 Å². The van der Waals surface area contributed by atoms with Crippen LogP contribution in [0.5, 0.6) is 0 Å². The summed E-state index contributed by atoms with van der Waals surface area (Å²) in [5, 5.41) is 2.42. The summed E-state index contributed by atoms with van der Waals surface area (Å²) in [6.07, 6.45) is 1.38. The number of carbonyl (C=O) groups is 2. The van der Waals surface area contributed by atoms with Crippen LogP contribution < -0.4 is 10.2 Å². The van der Waals surface area contributed by atoms with Crippen molar-refractivity contribution in [3.05, 3.63) is 87.7 Å². The lowest BCUT2D eigenvalue weighted by Gasteiger charge is -2.29. The van der Waals surface area contributed by atoms with E-state index in [4.69, 9.17) is 23.8 Å². The quantitative estimate of drug-likeness (QED) is 0.337. The number of hydrogen-bond acceptors (Lipinski definition) is 3. The SMILES string of the molecule is Cc1cc(C=C2C(=O)NC(=S)N(c3ccccc3F)C2=O)c(C)n1-c1c(F)cccc1Cl. The minimum absolute atomic E-state index is 0.0722. The van der Waals surface area contributed by atoms with Crippen LogP contribution in [-0.2, 0) is 9.59 Å². The molecule has 9 heteroatoms. The highest BCUT2D eigenvalue weighted by molar-refractivity contribution is 7.80. The molecule has 0 radical (unpaired) electrons. The van der Waals surface area contributed by atoms with Crippen molar-refractivity contribution >= 4 is 52.5 Å². The fourth-order valence-electron chi connectivity index (χ4n) is 3.65. The fraction of sp³-hybridized carbons (Fsp3) is 0.0870. The lowest BCUT2D eigenvalue weighted by Crippen LogP contribution is -2.54. The van der Waals surface area contributed by atoms with Gasteiger partial charge >= 0.3 is 0 Å². The smallest absolute Gasteiger partial charge is 0.270 e. The molecule has 1 aliphatic rings. The van der Waals surface area contributed by atoms with Crippen LogP contribution in [0, 0.1) is 25.5 Å². The van der Waals surface area contributed by atoms with E-state index in [9.17, 15) is 18.4 Å². The molecule has 2 amide bonds. The number of halogens is 3. The minimum Gasteiger partial charge on any atom is -0.314 e. The van der Waals surface area contributed by atoms with Gasteiger partial charge in [-0.05, 0) is 68.0 Å². The number of amides is 2. The maximum Gasteiger partial charge on any atom is 0.270 e. The van der Waals surface area contributed by atoms with Crippen molar-refractivity contribution in [1.82, 2.24) is 9.88 Å². The van der Waals surface area contributed by atoms with Gasteiger partial charge in [0.2, 0.25) is 0 Å². The molecule has 0 bridgehead atoms. The zero-order valence-corrected chi connectivity index (χ0v) is 18.5. The van der Waals surface area contributed by atoms with Crippen molar-refractivity contribution in [1.29, 1.82) is 0 Å². The highest BCUT2D eigenvalue weighted by Crippen LogP contribution is 2.31. The van der Waals surface area contributed by atoms with Crippen molar-refractivity contribution in [3.8, 4) is 5.69 Å². The van der Waals surface area contributed by atoms with E-state index >= 15 is 0 Å². The molecular weight excluding hydrogens is 456 g/mol. The van der Waals surface area contributed by atoms with Gasteiger partial charge in [0.25, 0.3) is 11.8 Å². The molecule has 5 nitrogen and oxygen atoms in total. The van der Waals surface area contributed by atoms with Gasteiger partial charge in [-0.1, -0.05) is 29.8 Å². The van der Waals surface area contributed by atoms with Crippen molar-refractivity contribution in [2.45, 2.75) is 13.8 Å². The Labute approximate surface area is 192 Å². The first-order chi connectivity index (χ1) is 15.2. The number of carbonyl (C=O) groups excluding carboxylic acids is 2. The summed E-state index contributed by atoms with van der Waals surface area (Å²) in [4.78, 5) is 26.6. The molecule has 1 fully saturated rings. The van der Waals surface area contributed by atoms with E-state index in [1.54, 1.807) is 36.6 Å². The summed E-state index contributed by atoms with van der Waals surface area (Å²) in [6.45, 7) is 3.47. The van der Waals surface area contributed by atoms with Crippen molar-refractivity contribution in [2.24, 2.45) is 0 Å². The molecule has 162 valence electrons. The number of aromatic nitrogens is 1. The second-order valence-electron chi connectivity index (χ2n) is 7.14.